The second-order valence-corrected chi connectivity index (χ2v) is 9.48. The van der Waals surface area contributed by atoms with Crippen LogP contribution in [0.3, 0.4) is 0 Å². The molecule has 36 heavy (non-hydrogen) atoms. The molecule has 1 fully saturated rings. The van der Waals surface area contributed by atoms with Gasteiger partial charge in [0.1, 0.15) is 11.6 Å². The van der Waals surface area contributed by atoms with Crippen molar-refractivity contribution in [2.45, 2.75) is 56.9 Å². The minimum atomic E-state index is -0.499. The number of hydrogen-bond donors (Lipinski definition) is 2. The highest BCUT2D eigenvalue weighted by atomic mass is 35.5. The average molecular weight is 510 g/mol. The molecule has 2 aromatic carbocycles. The van der Waals surface area contributed by atoms with Crippen LogP contribution in [0.2, 0.25) is 5.02 Å². The van der Waals surface area contributed by atoms with Crippen molar-refractivity contribution in [1.29, 1.82) is 0 Å². The monoisotopic (exact) mass is 509 g/mol. The summed E-state index contributed by atoms with van der Waals surface area (Å²) >= 11 is 5.85. The Hall–Kier alpha value is -3.59. The molecule has 10 heteroatoms. The van der Waals surface area contributed by atoms with Gasteiger partial charge in [-0.25, -0.2) is 9.37 Å². The van der Waals surface area contributed by atoms with Crippen LogP contribution in [-0.4, -0.2) is 32.1 Å². The lowest BCUT2D eigenvalue weighted by Gasteiger charge is -2.27. The molecule has 0 bridgehead atoms. The molecule has 0 spiro atoms. The van der Waals surface area contributed by atoms with Crippen molar-refractivity contribution < 1.29 is 13.6 Å². The maximum absolute atomic E-state index is 13.4. The van der Waals surface area contributed by atoms with Gasteiger partial charge in [-0.05, 0) is 62.4 Å². The van der Waals surface area contributed by atoms with Crippen LogP contribution in [0.15, 0.2) is 51.7 Å². The van der Waals surface area contributed by atoms with Crippen LogP contribution in [0.25, 0.3) is 22.4 Å². The van der Waals surface area contributed by atoms with Crippen LogP contribution in [0.5, 0.6) is 0 Å². The highest BCUT2D eigenvalue weighted by Crippen LogP contribution is 2.34. The predicted octanol–water partition coefficient (Wildman–Crippen LogP) is 4.93. The van der Waals surface area contributed by atoms with Crippen molar-refractivity contribution in [3.63, 3.8) is 0 Å². The summed E-state index contributed by atoms with van der Waals surface area (Å²) in [5.74, 6) is 1.06. The molecular weight excluding hydrogens is 485 g/mol. The number of amides is 1. The first-order chi connectivity index (χ1) is 17.5. The summed E-state index contributed by atoms with van der Waals surface area (Å²) in [6, 6.07) is 11.6. The maximum Gasteiger partial charge on any atom is 0.258 e. The normalized spacial score (nSPS) is 17.8. The summed E-state index contributed by atoms with van der Waals surface area (Å²) < 4.78 is 19.2. The first-order valence-corrected chi connectivity index (χ1v) is 12.4. The summed E-state index contributed by atoms with van der Waals surface area (Å²) in [7, 11) is 0. The minimum absolute atomic E-state index is 0.00477. The lowest BCUT2D eigenvalue weighted by Crippen LogP contribution is -2.37. The SMILES string of the molecule is O=C(CCCc1nc2ccccc2c(=O)[nH]1)NC1CCC(c2nnc(-c3ccc(F)c(Cl)c3)o2)CC1. The number of halogens is 2. The summed E-state index contributed by atoms with van der Waals surface area (Å²) in [6.07, 6.45) is 4.76. The zero-order valence-electron chi connectivity index (χ0n) is 19.5. The molecule has 8 nitrogen and oxygen atoms in total. The maximum atomic E-state index is 13.4. The fraction of sp³-hybridized carbons (Fsp3) is 0.346. The molecule has 2 aromatic heterocycles. The van der Waals surface area contributed by atoms with Crippen LogP contribution in [0.1, 0.15) is 56.2 Å². The first-order valence-electron chi connectivity index (χ1n) is 12.0. The quantitative estimate of drug-likeness (QED) is 0.365. The number of para-hydroxylation sites is 1. The van der Waals surface area contributed by atoms with E-state index in [0.29, 0.717) is 53.3 Å². The average Bonchev–Trinajstić information content (AvgIpc) is 3.37. The summed E-state index contributed by atoms with van der Waals surface area (Å²) in [6.45, 7) is 0. The van der Waals surface area contributed by atoms with E-state index in [1.807, 2.05) is 12.1 Å². The number of rotatable bonds is 7. The van der Waals surface area contributed by atoms with Crippen molar-refractivity contribution in [2.24, 2.45) is 0 Å². The third kappa shape index (κ3) is 5.46. The van der Waals surface area contributed by atoms with Crippen LogP contribution < -0.4 is 10.9 Å². The Kier molecular flexibility index (Phi) is 7.09. The number of fused-ring (bicyclic) bond motifs is 1. The molecule has 2 N–H and O–H groups in total. The molecule has 186 valence electrons. The third-order valence-corrected chi connectivity index (χ3v) is 6.82. The van der Waals surface area contributed by atoms with Gasteiger partial charge in [0.15, 0.2) is 0 Å². The predicted molar refractivity (Wildman–Crippen MR) is 133 cm³/mol. The Morgan fingerprint density at radius 3 is 2.75 bits per heavy atom. The Balaban J connectivity index is 1.08. The molecule has 1 aliphatic rings. The second-order valence-electron chi connectivity index (χ2n) is 9.07. The van der Waals surface area contributed by atoms with E-state index in [1.165, 1.54) is 12.1 Å². The van der Waals surface area contributed by atoms with E-state index in [4.69, 9.17) is 16.0 Å². The minimum Gasteiger partial charge on any atom is -0.420 e. The van der Waals surface area contributed by atoms with Gasteiger partial charge in [0.2, 0.25) is 17.7 Å². The Labute approximate surface area is 211 Å². The first kappa shape index (κ1) is 24.1. The molecule has 5 rings (SSSR count). The van der Waals surface area contributed by atoms with Crippen molar-refractivity contribution in [1.82, 2.24) is 25.5 Å². The molecule has 0 aliphatic heterocycles. The highest BCUT2D eigenvalue weighted by Gasteiger charge is 2.27. The number of aromatic nitrogens is 4. The number of aryl methyl sites for hydroxylation is 1. The molecule has 0 radical (unpaired) electrons. The topological polar surface area (TPSA) is 114 Å². The molecule has 0 atom stereocenters. The fourth-order valence-corrected chi connectivity index (χ4v) is 4.78. The van der Waals surface area contributed by atoms with Gasteiger partial charge in [0, 0.05) is 30.4 Å². The standard InChI is InChI=1S/C26H25ClFN5O3/c27-19-14-16(10-13-20(19)28)26-33-32-25(36-26)15-8-11-17(12-9-15)29-23(34)7-3-6-22-30-21-5-2-1-4-18(21)24(35)31-22/h1-2,4-5,10,13-15,17H,3,6-9,11-12H2,(H,29,34)(H,30,31,35). The van der Waals surface area contributed by atoms with Crippen molar-refractivity contribution in [2.75, 3.05) is 0 Å². The molecule has 0 saturated heterocycles. The Bertz CT molecular complexity index is 1450. The van der Waals surface area contributed by atoms with Gasteiger partial charge in [0.05, 0.1) is 15.9 Å². The van der Waals surface area contributed by atoms with Crippen molar-refractivity contribution >= 4 is 28.4 Å². The molecular formula is C26H25ClFN5O3. The van der Waals surface area contributed by atoms with Gasteiger partial charge in [-0.1, -0.05) is 23.7 Å². The molecule has 1 aliphatic carbocycles. The van der Waals surface area contributed by atoms with Gasteiger partial charge in [-0.3, -0.25) is 9.59 Å². The Morgan fingerprint density at radius 2 is 1.94 bits per heavy atom. The number of aromatic amines is 1. The zero-order chi connectivity index (χ0) is 25.1. The van der Waals surface area contributed by atoms with E-state index in [1.54, 1.807) is 18.2 Å². The van der Waals surface area contributed by atoms with Gasteiger partial charge in [-0.15, -0.1) is 10.2 Å². The third-order valence-electron chi connectivity index (χ3n) is 6.53. The number of carbonyl (C=O) groups is 1. The van der Waals surface area contributed by atoms with Gasteiger partial charge < -0.3 is 14.7 Å². The van der Waals surface area contributed by atoms with E-state index in [0.717, 1.165) is 25.7 Å². The Morgan fingerprint density at radius 1 is 1.14 bits per heavy atom. The number of nitrogens with one attached hydrogen (secondary N) is 2. The van der Waals surface area contributed by atoms with E-state index in [-0.39, 0.29) is 28.4 Å². The van der Waals surface area contributed by atoms with Crippen molar-refractivity contribution in [3.8, 4) is 11.5 Å². The molecule has 2 heterocycles. The number of H-pyrrole nitrogens is 1. The van der Waals surface area contributed by atoms with Gasteiger partial charge >= 0.3 is 0 Å². The number of benzene rings is 2. The number of hydrogen-bond acceptors (Lipinski definition) is 6. The van der Waals surface area contributed by atoms with E-state index in [9.17, 15) is 14.0 Å². The van der Waals surface area contributed by atoms with Gasteiger partial charge in [0.25, 0.3) is 5.56 Å². The van der Waals surface area contributed by atoms with Crippen molar-refractivity contribution in [3.05, 3.63) is 75.4 Å². The van der Waals surface area contributed by atoms with Gasteiger partial charge in [-0.2, -0.15) is 0 Å². The lowest BCUT2D eigenvalue weighted by atomic mass is 9.86. The summed E-state index contributed by atoms with van der Waals surface area (Å²) in [5, 5.41) is 11.9. The molecule has 1 amide bonds. The molecule has 0 unspecified atom stereocenters. The fourth-order valence-electron chi connectivity index (χ4n) is 4.60. The second kappa shape index (κ2) is 10.6. The van der Waals surface area contributed by atoms with E-state index >= 15 is 0 Å². The van der Waals surface area contributed by atoms with E-state index in [2.05, 4.69) is 25.5 Å². The number of nitrogens with zero attached hydrogens (tertiary/aromatic N) is 3. The van der Waals surface area contributed by atoms with E-state index < -0.39 is 5.82 Å². The lowest BCUT2D eigenvalue weighted by molar-refractivity contribution is -0.122. The highest BCUT2D eigenvalue weighted by molar-refractivity contribution is 6.31. The largest absolute Gasteiger partial charge is 0.420 e. The van der Waals surface area contributed by atoms with Crippen LogP contribution in [-0.2, 0) is 11.2 Å². The van der Waals surface area contributed by atoms with Crippen LogP contribution >= 0.6 is 11.6 Å². The smallest absolute Gasteiger partial charge is 0.258 e. The molecule has 4 aromatic rings. The van der Waals surface area contributed by atoms with Crippen LogP contribution in [0.4, 0.5) is 4.39 Å². The molecule has 1 saturated carbocycles. The van der Waals surface area contributed by atoms with Crippen LogP contribution in [0, 0.1) is 5.82 Å². The summed E-state index contributed by atoms with van der Waals surface area (Å²) in [5.41, 5.74) is 1.07. The summed E-state index contributed by atoms with van der Waals surface area (Å²) in [4.78, 5) is 31.9. The zero-order valence-corrected chi connectivity index (χ0v) is 20.2. The number of carbonyl (C=O) groups excluding carboxylic acids is 1.